The van der Waals surface area contributed by atoms with Crippen LogP contribution in [0, 0.1) is 5.82 Å². The number of carbonyl (C=O) groups excluding carboxylic acids is 1. The highest BCUT2D eigenvalue weighted by Crippen LogP contribution is 2.23. The zero-order chi connectivity index (χ0) is 23.4. The molecule has 0 fully saturated rings. The Morgan fingerprint density at radius 2 is 1.82 bits per heavy atom. The third-order valence-corrected chi connectivity index (χ3v) is 6.43. The molecule has 3 aromatic carbocycles. The number of hydrogen-bond donors (Lipinski definition) is 1. The summed E-state index contributed by atoms with van der Waals surface area (Å²) in [5.41, 5.74) is 1.04. The van der Waals surface area contributed by atoms with E-state index >= 15 is 0 Å². The molecule has 0 atom stereocenters. The first kappa shape index (κ1) is 23.3. The highest BCUT2D eigenvalue weighted by molar-refractivity contribution is 7.99. The lowest BCUT2D eigenvalue weighted by molar-refractivity contribution is -0.118. The summed E-state index contributed by atoms with van der Waals surface area (Å²) in [5.74, 6) is -0.788. The van der Waals surface area contributed by atoms with Crippen molar-refractivity contribution in [1.82, 2.24) is 14.9 Å². The van der Waals surface area contributed by atoms with Crippen LogP contribution in [0.15, 0.2) is 76.7 Å². The molecule has 0 bridgehead atoms. The lowest BCUT2D eigenvalue weighted by Crippen LogP contribution is -2.28. The number of aromatic nitrogens is 2. The molecule has 4 aromatic rings. The molecule has 0 aliphatic rings. The van der Waals surface area contributed by atoms with Gasteiger partial charge in [0.1, 0.15) is 5.82 Å². The first-order valence-electron chi connectivity index (χ1n) is 10.0. The van der Waals surface area contributed by atoms with Crippen molar-refractivity contribution in [2.45, 2.75) is 11.6 Å². The second-order valence-corrected chi connectivity index (χ2v) is 8.91. The van der Waals surface area contributed by atoms with Gasteiger partial charge in [0.15, 0.2) is 5.16 Å². The van der Waals surface area contributed by atoms with Crippen LogP contribution in [0.2, 0.25) is 10.0 Å². The van der Waals surface area contributed by atoms with E-state index < -0.39 is 11.4 Å². The van der Waals surface area contributed by atoms with Crippen LogP contribution in [-0.2, 0) is 11.2 Å². The van der Waals surface area contributed by atoms with E-state index in [0.717, 1.165) is 17.3 Å². The van der Waals surface area contributed by atoms with Gasteiger partial charge in [-0.05, 0) is 48.4 Å². The molecule has 9 heteroatoms. The number of carbonyl (C=O) groups is 1. The summed E-state index contributed by atoms with van der Waals surface area (Å²) in [4.78, 5) is 30.1. The van der Waals surface area contributed by atoms with Gasteiger partial charge in [-0.3, -0.25) is 14.2 Å². The lowest BCUT2D eigenvalue weighted by Gasteiger charge is -2.14. The molecule has 0 unspecified atom stereocenters. The van der Waals surface area contributed by atoms with Crippen LogP contribution in [0.25, 0.3) is 16.6 Å². The maximum absolute atomic E-state index is 14.5. The van der Waals surface area contributed by atoms with Crippen molar-refractivity contribution in [2.24, 2.45) is 0 Å². The fourth-order valence-corrected chi connectivity index (χ4v) is 4.64. The van der Waals surface area contributed by atoms with Gasteiger partial charge in [-0.25, -0.2) is 9.37 Å². The molecule has 33 heavy (non-hydrogen) atoms. The van der Waals surface area contributed by atoms with E-state index in [1.165, 1.54) is 16.7 Å². The third-order valence-electron chi connectivity index (χ3n) is 4.90. The number of benzene rings is 3. The number of para-hydroxylation sites is 2. The molecule has 1 aromatic heterocycles. The molecule has 168 valence electrons. The summed E-state index contributed by atoms with van der Waals surface area (Å²) in [6.45, 7) is 0.381. The zero-order valence-corrected chi connectivity index (χ0v) is 19.6. The second kappa shape index (κ2) is 10.4. The minimum absolute atomic E-state index is 0.00752. The maximum atomic E-state index is 14.5. The molecule has 0 aliphatic carbocycles. The predicted molar refractivity (Wildman–Crippen MR) is 131 cm³/mol. The Morgan fingerprint density at radius 1 is 1.06 bits per heavy atom. The van der Waals surface area contributed by atoms with Crippen LogP contribution >= 0.6 is 35.0 Å². The molecule has 1 amide bonds. The topological polar surface area (TPSA) is 64.0 Å². The Hall–Kier alpha value is -2.87. The number of nitrogens with zero attached hydrogens (tertiary/aromatic N) is 2. The number of rotatable bonds is 7. The first-order valence-corrected chi connectivity index (χ1v) is 11.8. The Labute approximate surface area is 203 Å². The van der Waals surface area contributed by atoms with Crippen molar-refractivity contribution in [2.75, 3.05) is 12.3 Å². The maximum Gasteiger partial charge on any atom is 0.266 e. The van der Waals surface area contributed by atoms with Crippen LogP contribution in [0.5, 0.6) is 0 Å². The Morgan fingerprint density at radius 3 is 2.61 bits per heavy atom. The molecule has 0 saturated heterocycles. The highest BCUT2D eigenvalue weighted by atomic mass is 35.5. The number of thioether (sulfide) groups is 1. The van der Waals surface area contributed by atoms with Gasteiger partial charge in [-0.2, -0.15) is 0 Å². The van der Waals surface area contributed by atoms with Crippen molar-refractivity contribution in [3.8, 4) is 5.69 Å². The summed E-state index contributed by atoms with van der Waals surface area (Å²) >= 11 is 13.1. The Bertz CT molecular complexity index is 1390. The second-order valence-electron chi connectivity index (χ2n) is 7.13. The standard InChI is InChI=1S/C24H18Cl2FN3O2S/c25-16-10-9-15(18(26)13-16)11-12-28-22(31)14-33-24-29-20-7-3-1-5-17(20)23(32)30(24)21-8-4-2-6-19(21)27/h1-10,13H,11-12,14H2,(H,28,31). The SMILES string of the molecule is O=C(CSc1nc2ccccc2c(=O)n1-c1ccccc1F)NCCc1ccc(Cl)cc1Cl. The summed E-state index contributed by atoms with van der Waals surface area (Å²) in [5, 5.41) is 4.52. The molecular weight excluding hydrogens is 484 g/mol. The van der Waals surface area contributed by atoms with E-state index in [1.807, 2.05) is 6.07 Å². The van der Waals surface area contributed by atoms with Crippen LogP contribution in [-0.4, -0.2) is 27.8 Å². The summed E-state index contributed by atoms with van der Waals surface area (Å²) in [6.07, 6.45) is 0.542. The largest absolute Gasteiger partial charge is 0.355 e. The zero-order valence-electron chi connectivity index (χ0n) is 17.2. The molecule has 4 rings (SSSR count). The van der Waals surface area contributed by atoms with E-state index in [4.69, 9.17) is 23.2 Å². The Balaban J connectivity index is 1.52. The van der Waals surface area contributed by atoms with Gasteiger partial charge in [0.2, 0.25) is 5.91 Å². The van der Waals surface area contributed by atoms with Gasteiger partial charge in [0.25, 0.3) is 5.56 Å². The van der Waals surface area contributed by atoms with Gasteiger partial charge >= 0.3 is 0 Å². The molecule has 0 spiro atoms. The minimum Gasteiger partial charge on any atom is -0.355 e. The number of amides is 1. The van der Waals surface area contributed by atoms with Crippen molar-refractivity contribution < 1.29 is 9.18 Å². The molecule has 0 radical (unpaired) electrons. The van der Waals surface area contributed by atoms with Crippen LogP contribution < -0.4 is 10.9 Å². The van der Waals surface area contributed by atoms with E-state index in [1.54, 1.807) is 48.5 Å². The number of halogens is 3. The van der Waals surface area contributed by atoms with Crippen LogP contribution in [0.4, 0.5) is 4.39 Å². The van der Waals surface area contributed by atoms with Gasteiger partial charge < -0.3 is 5.32 Å². The van der Waals surface area contributed by atoms with E-state index in [0.29, 0.717) is 33.9 Å². The van der Waals surface area contributed by atoms with Crippen molar-refractivity contribution in [3.63, 3.8) is 0 Å². The lowest BCUT2D eigenvalue weighted by atomic mass is 10.1. The minimum atomic E-state index is -0.553. The van der Waals surface area contributed by atoms with Gasteiger partial charge in [-0.1, -0.05) is 65.3 Å². The molecule has 5 nitrogen and oxygen atoms in total. The molecular formula is C24H18Cl2FN3O2S. The number of hydrogen-bond acceptors (Lipinski definition) is 4. The molecule has 1 N–H and O–H groups in total. The predicted octanol–water partition coefficient (Wildman–Crippen LogP) is 5.28. The monoisotopic (exact) mass is 501 g/mol. The number of nitrogens with one attached hydrogen (secondary N) is 1. The van der Waals surface area contributed by atoms with Crippen molar-refractivity contribution in [3.05, 3.63) is 98.5 Å². The fourth-order valence-electron chi connectivity index (χ4n) is 3.30. The van der Waals surface area contributed by atoms with Gasteiger partial charge in [-0.15, -0.1) is 0 Å². The van der Waals surface area contributed by atoms with Crippen LogP contribution in [0.1, 0.15) is 5.56 Å². The smallest absolute Gasteiger partial charge is 0.266 e. The van der Waals surface area contributed by atoms with Gasteiger partial charge in [0.05, 0.1) is 22.3 Å². The summed E-state index contributed by atoms with van der Waals surface area (Å²) < 4.78 is 15.7. The van der Waals surface area contributed by atoms with E-state index in [-0.39, 0.29) is 22.5 Å². The summed E-state index contributed by atoms with van der Waals surface area (Å²) in [6, 6.07) is 18.0. The average Bonchev–Trinajstić information content (AvgIpc) is 2.80. The molecule has 0 saturated carbocycles. The Kier molecular flexibility index (Phi) is 7.33. The van der Waals surface area contributed by atoms with Crippen LogP contribution in [0.3, 0.4) is 0 Å². The van der Waals surface area contributed by atoms with E-state index in [9.17, 15) is 14.0 Å². The average molecular weight is 502 g/mol. The van der Waals surface area contributed by atoms with E-state index in [2.05, 4.69) is 10.3 Å². The van der Waals surface area contributed by atoms with Crippen molar-refractivity contribution in [1.29, 1.82) is 0 Å². The summed E-state index contributed by atoms with van der Waals surface area (Å²) in [7, 11) is 0. The number of fused-ring (bicyclic) bond motifs is 1. The molecule has 1 heterocycles. The van der Waals surface area contributed by atoms with Gasteiger partial charge in [0, 0.05) is 16.6 Å². The molecule has 0 aliphatic heterocycles. The normalized spacial score (nSPS) is 11.0. The third kappa shape index (κ3) is 5.38. The quantitative estimate of drug-likeness (QED) is 0.276. The first-order chi connectivity index (χ1) is 15.9. The van der Waals surface area contributed by atoms with Crippen molar-refractivity contribution >= 4 is 51.8 Å². The fraction of sp³-hybridized carbons (Fsp3) is 0.125. The highest BCUT2D eigenvalue weighted by Gasteiger charge is 2.17.